The highest BCUT2D eigenvalue weighted by molar-refractivity contribution is 7.09. The van der Waals surface area contributed by atoms with Crippen LogP contribution in [-0.2, 0) is 16.1 Å². The van der Waals surface area contributed by atoms with Crippen LogP contribution in [-0.4, -0.2) is 24.1 Å². The van der Waals surface area contributed by atoms with E-state index in [2.05, 4.69) is 10.6 Å². The van der Waals surface area contributed by atoms with Gasteiger partial charge >= 0.3 is 6.09 Å². The molecule has 5 nitrogen and oxygen atoms in total. The number of carbonyl (C=O) groups is 2. The Hall–Kier alpha value is -1.56. The summed E-state index contributed by atoms with van der Waals surface area (Å²) in [6, 6.07) is 3.90. The van der Waals surface area contributed by atoms with Crippen LogP contribution in [0.3, 0.4) is 0 Å². The van der Waals surface area contributed by atoms with Gasteiger partial charge < -0.3 is 15.4 Å². The molecule has 0 aliphatic carbocycles. The van der Waals surface area contributed by atoms with Crippen molar-refractivity contribution < 1.29 is 14.3 Å². The van der Waals surface area contributed by atoms with E-state index in [1.807, 2.05) is 17.5 Å². The molecule has 0 saturated carbocycles. The lowest BCUT2D eigenvalue weighted by Gasteiger charge is -2.19. The molecular weight excluding hydrogens is 264 g/mol. The second-order valence-electron chi connectivity index (χ2n) is 5.03. The van der Waals surface area contributed by atoms with Crippen molar-refractivity contribution in [2.24, 2.45) is 0 Å². The maximum absolute atomic E-state index is 11.5. The maximum atomic E-state index is 11.5. The lowest BCUT2D eigenvalue weighted by atomic mass is 10.2. The molecule has 2 N–H and O–H groups in total. The molecule has 0 saturated heterocycles. The highest BCUT2D eigenvalue weighted by Gasteiger charge is 2.15. The number of amides is 2. The Kier molecular flexibility index (Phi) is 5.82. The molecule has 1 aromatic rings. The summed E-state index contributed by atoms with van der Waals surface area (Å²) in [5.41, 5.74) is -0.522. The zero-order chi connectivity index (χ0) is 14.3. The summed E-state index contributed by atoms with van der Waals surface area (Å²) in [5.74, 6) is -0.0931. The first-order valence-electron chi connectivity index (χ1n) is 6.13. The third-order valence-electron chi connectivity index (χ3n) is 2.06. The Bertz CT molecular complexity index is 410. The van der Waals surface area contributed by atoms with E-state index in [-0.39, 0.29) is 18.9 Å². The highest BCUT2D eigenvalue weighted by Crippen LogP contribution is 2.07. The molecule has 0 unspecified atom stereocenters. The minimum atomic E-state index is -0.522. The fraction of sp³-hybridized carbons (Fsp3) is 0.538. The molecule has 6 heteroatoms. The van der Waals surface area contributed by atoms with Crippen molar-refractivity contribution >= 4 is 23.3 Å². The van der Waals surface area contributed by atoms with Crippen LogP contribution in [0.5, 0.6) is 0 Å². The van der Waals surface area contributed by atoms with Gasteiger partial charge in [-0.05, 0) is 32.2 Å². The number of carbonyl (C=O) groups excluding carboxylic acids is 2. The first-order chi connectivity index (χ1) is 8.87. The van der Waals surface area contributed by atoms with Crippen LogP contribution in [0.1, 0.15) is 32.1 Å². The molecular formula is C13H20N2O3S. The van der Waals surface area contributed by atoms with E-state index in [1.165, 1.54) is 0 Å². The monoisotopic (exact) mass is 284 g/mol. The van der Waals surface area contributed by atoms with Crippen LogP contribution in [0, 0.1) is 0 Å². The summed E-state index contributed by atoms with van der Waals surface area (Å²) in [6.45, 7) is 6.18. The van der Waals surface area contributed by atoms with Gasteiger partial charge in [0.1, 0.15) is 5.60 Å². The molecule has 1 rings (SSSR count). The van der Waals surface area contributed by atoms with Crippen LogP contribution in [0.2, 0.25) is 0 Å². The van der Waals surface area contributed by atoms with E-state index in [0.29, 0.717) is 6.54 Å². The SMILES string of the molecule is CC(C)(C)OC(=O)NCCC(=O)NCc1cccs1. The molecule has 106 valence electrons. The van der Waals surface area contributed by atoms with Gasteiger partial charge in [-0.1, -0.05) is 6.07 Å². The standard InChI is InChI=1S/C13H20N2O3S/c1-13(2,3)18-12(17)14-7-6-11(16)15-9-10-5-4-8-19-10/h4-5,8H,6-7,9H2,1-3H3,(H,14,17)(H,15,16). The van der Waals surface area contributed by atoms with E-state index < -0.39 is 11.7 Å². The van der Waals surface area contributed by atoms with Crippen LogP contribution in [0.15, 0.2) is 17.5 Å². The van der Waals surface area contributed by atoms with E-state index in [1.54, 1.807) is 32.1 Å². The van der Waals surface area contributed by atoms with Gasteiger partial charge in [0, 0.05) is 17.8 Å². The van der Waals surface area contributed by atoms with Crippen LogP contribution in [0.4, 0.5) is 4.79 Å². The van der Waals surface area contributed by atoms with Gasteiger partial charge in [0.15, 0.2) is 0 Å². The number of nitrogens with one attached hydrogen (secondary N) is 2. The Labute approximate surface area is 117 Å². The predicted molar refractivity (Wildman–Crippen MR) is 75.0 cm³/mol. The largest absolute Gasteiger partial charge is 0.444 e. The van der Waals surface area contributed by atoms with E-state index in [9.17, 15) is 9.59 Å². The van der Waals surface area contributed by atoms with Gasteiger partial charge in [-0.15, -0.1) is 11.3 Å². The molecule has 1 heterocycles. The lowest BCUT2D eigenvalue weighted by molar-refractivity contribution is -0.121. The minimum Gasteiger partial charge on any atom is -0.444 e. The van der Waals surface area contributed by atoms with Crippen molar-refractivity contribution in [1.82, 2.24) is 10.6 Å². The molecule has 19 heavy (non-hydrogen) atoms. The average molecular weight is 284 g/mol. The van der Waals surface area contributed by atoms with E-state index >= 15 is 0 Å². The molecule has 2 amide bonds. The molecule has 0 aliphatic rings. The fourth-order valence-corrected chi connectivity index (χ4v) is 1.92. The van der Waals surface area contributed by atoms with Crippen molar-refractivity contribution in [1.29, 1.82) is 0 Å². The second kappa shape index (κ2) is 7.13. The van der Waals surface area contributed by atoms with Gasteiger partial charge in [-0.2, -0.15) is 0 Å². The molecule has 0 spiro atoms. The normalized spacial score (nSPS) is 10.9. The molecule has 0 radical (unpaired) electrons. The Balaban J connectivity index is 2.12. The maximum Gasteiger partial charge on any atom is 0.407 e. The fourth-order valence-electron chi connectivity index (χ4n) is 1.28. The molecule has 0 aliphatic heterocycles. The molecule has 0 atom stereocenters. The number of alkyl carbamates (subject to hydrolysis) is 1. The highest BCUT2D eigenvalue weighted by atomic mass is 32.1. The van der Waals surface area contributed by atoms with Crippen molar-refractivity contribution in [2.75, 3.05) is 6.54 Å². The van der Waals surface area contributed by atoms with E-state index in [4.69, 9.17) is 4.74 Å². The van der Waals surface area contributed by atoms with Crippen molar-refractivity contribution in [3.05, 3.63) is 22.4 Å². The van der Waals surface area contributed by atoms with Gasteiger partial charge in [0.2, 0.25) is 5.91 Å². The number of hydrogen-bond donors (Lipinski definition) is 2. The third-order valence-corrected chi connectivity index (χ3v) is 2.94. The van der Waals surface area contributed by atoms with Gasteiger partial charge in [0.05, 0.1) is 6.54 Å². The van der Waals surface area contributed by atoms with E-state index in [0.717, 1.165) is 4.88 Å². The first-order valence-corrected chi connectivity index (χ1v) is 7.01. The van der Waals surface area contributed by atoms with Gasteiger partial charge in [0.25, 0.3) is 0 Å². The Morgan fingerprint density at radius 2 is 2.05 bits per heavy atom. The predicted octanol–water partition coefficient (Wildman–Crippen LogP) is 2.28. The molecule has 0 aromatic carbocycles. The number of ether oxygens (including phenoxy) is 1. The number of rotatable bonds is 5. The summed E-state index contributed by atoms with van der Waals surface area (Å²) < 4.78 is 5.06. The summed E-state index contributed by atoms with van der Waals surface area (Å²) in [5, 5.41) is 7.29. The molecule has 0 bridgehead atoms. The third kappa shape index (κ3) is 7.46. The minimum absolute atomic E-state index is 0.0931. The number of thiophene rings is 1. The van der Waals surface area contributed by atoms with Crippen LogP contribution in [0.25, 0.3) is 0 Å². The molecule has 1 aromatic heterocycles. The summed E-state index contributed by atoms with van der Waals surface area (Å²) in [6.07, 6.45) is -0.261. The quantitative estimate of drug-likeness (QED) is 0.871. The van der Waals surface area contributed by atoms with Gasteiger partial charge in [-0.25, -0.2) is 4.79 Å². The smallest absolute Gasteiger partial charge is 0.407 e. The van der Waals surface area contributed by atoms with Crippen LogP contribution < -0.4 is 10.6 Å². The van der Waals surface area contributed by atoms with Crippen LogP contribution >= 0.6 is 11.3 Å². The topological polar surface area (TPSA) is 67.4 Å². The second-order valence-corrected chi connectivity index (χ2v) is 6.07. The molecule has 0 fully saturated rings. The Morgan fingerprint density at radius 3 is 2.63 bits per heavy atom. The summed E-state index contributed by atoms with van der Waals surface area (Å²) in [4.78, 5) is 23.9. The Morgan fingerprint density at radius 1 is 1.32 bits per heavy atom. The zero-order valence-electron chi connectivity index (χ0n) is 11.5. The van der Waals surface area contributed by atoms with Crippen molar-refractivity contribution in [2.45, 2.75) is 39.3 Å². The van der Waals surface area contributed by atoms with Crippen molar-refractivity contribution in [3.63, 3.8) is 0 Å². The van der Waals surface area contributed by atoms with Crippen molar-refractivity contribution in [3.8, 4) is 0 Å². The average Bonchev–Trinajstić information content (AvgIpc) is 2.76. The van der Waals surface area contributed by atoms with Gasteiger partial charge in [-0.3, -0.25) is 4.79 Å². The number of hydrogen-bond acceptors (Lipinski definition) is 4. The first kappa shape index (κ1) is 15.5. The summed E-state index contributed by atoms with van der Waals surface area (Å²) in [7, 11) is 0. The summed E-state index contributed by atoms with van der Waals surface area (Å²) >= 11 is 1.60. The zero-order valence-corrected chi connectivity index (χ0v) is 12.3. The lowest BCUT2D eigenvalue weighted by Crippen LogP contribution is -2.35.